The van der Waals surface area contributed by atoms with Crippen LogP contribution in [-0.4, -0.2) is 12.1 Å². The lowest BCUT2D eigenvalue weighted by molar-refractivity contribution is -0.142. The number of halogens is 3. The van der Waals surface area contributed by atoms with E-state index in [0.717, 1.165) is 11.1 Å². The van der Waals surface area contributed by atoms with Gasteiger partial charge in [-0.2, -0.15) is 0 Å². The zero-order chi connectivity index (χ0) is 18.4. The van der Waals surface area contributed by atoms with Crippen molar-refractivity contribution >= 4 is 40.8 Å². The molecule has 1 heterocycles. The highest BCUT2D eigenvalue weighted by Gasteiger charge is 2.50. The Morgan fingerprint density at radius 2 is 1.54 bits per heavy atom. The standard InChI is InChI=1S/C21H17Cl3O2/c1-11-19-17(21(25)26-11)9-8-16(15-7-6-14(23)10-18(15)24)20(19)12-2-4-13(22)5-3-12/h2-11,16-17,19-20H,1H3/t11-,16-,17-,19-,20+/m1/s1. The molecule has 0 N–H and O–H groups in total. The highest BCUT2D eigenvalue weighted by Crippen LogP contribution is 2.52. The van der Waals surface area contributed by atoms with E-state index in [0.29, 0.717) is 15.1 Å². The van der Waals surface area contributed by atoms with Crippen LogP contribution in [0.25, 0.3) is 0 Å². The fourth-order valence-electron chi connectivity index (χ4n) is 4.29. The number of esters is 1. The van der Waals surface area contributed by atoms with Crippen LogP contribution in [0.3, 0.4) is 0 Å². The first-order chi connectivity index (χ1) is 12.5. The summed E-state index contributed by atoms with van der Waals surface area (Å²) in [6.45, 7) is 1.96. The monoisotopic (exact) mass is 406 g/mol. The van der Waals surface area contributed by atoms with Gasteiger partial charge in [-0.3, -0.25) is 4.79 Å². The van der Waals surface area contributed by atoms with Crippen LogP contribution in [0.1, 0.15) is 29.9 Å². The lowest BCUT2D eigenvalue weighted by Crippen LogP contribution is -2.32. The fraction of sp³-hybridized carbons (Fsp3) is 0.286. The molecule has 0 saturated carbocycles. The van der Waals surface area contributed by atoms with Gasteiger partial charge in [0.25, 0.3) is 0 Å². The van der Waals surface area contributed by atoms with Crippen molar-refractivity contribution < 1.29 is 9.53 Å². The first-order valence-corrected chi connectivity index (χ1v) is 9.68. The Bertz CT molecular complexity index is 875. The number of carbonyl (C=O) groups excluding carboxylic acids is 1. The number of hydrogen-bond acceptors (Lipinski definition) is 2. The van der Waals surface area contributed by atoms with Crippen molar-refractivity contribution in [1.82, 2.24) is 0 Å². The third-order valence-electron chi connectivity index (χ3n) is 5.43. The Hall–Kier alpha value is -1.48. The van der Waals surface area contributed by atoms with Crippen LogP contribution in [0, 0.1) is 11.8 Å². The van der Waals surface area contributed by atoms with Crippen LogP contribution in [0.5, 0.6) is 0 Å². The molecule has 0 amide bonds. The molecule has 2 aromatic carbocycles. The van der Waals surface area contributed by atoms with Gasteiger partial charge in [0.2, 0.25) is 0 Å². The second-order valence-electron chi connectivity index (χ2n) is 6.90. The van der Waals surface area contributed by atoms with E-state index in [1.54, 1.807) is 6.07 Å². The third-order valence-corrected chi connectivity index (χ3v) is 6.25. The van der Waals surface area contributed by atoms with E-state index in [9.17, 15) is 4.79 Å². The van der Waals surface area contributed by atoms with Gasteiger partial charge in [-0.25, -0.2) is 0 Å². The fourth-order valence-corrected chi connectivity index (χ4v) is 4.95. The number of hydrogen-bond donors (Lipinski definition) is 0. The maximum Gasteiger partial charge on any atom is 0.313 e. The molecule has 1 aliphatic heterocycles. The van der Waals surface area contributed by atoms with Gasteiger partial charge in [-0.05, 0) is 42.3 Å². The highest BCUT2D eigenvalue weighted by molar-refractivity contribution is 6.35. The van der Waals surface area contributed by atoms with Crippen molar-refractivity contribution in [2.75, 3.05) is 0 Å². The molecular weight excluding hydrogens is 391 g/mol. The number of allylic oxidation sites excluding steroid dienone is 1. The van der Waals surface area contributed by atoms with Crippen molar-refractivity contribution in [1.29, 1.82) is 0 Å². The molecule has 0 bridgehead atoms. The highest BCUT2D eigenvalue weighted by atomic mass is 35.5. The van der Waals surface area contributed by atoms with Crippen molar-refractivity contribution in [2.45, 2.75) is 24.9 Å². The number of fused-ring (bicyclic) bond motifs is 1. The summed E-state index contributed by atoms with van der Waals surface area (Å²) in [6, 6.07) is 13.4. The summed E-state index contributed by atoms with van der Waals surface area (Å²) < 4.78 is 5.55. The topological polar surface area (TPSA) is 26.3 Å². The normalized spacial score (nSPS) is 30.2. The zero-order valence-electron chi connectivity index (χ0n) is 14.0. The molecule has 1 fully saturated rings. The van der Waals surface area contributed by atoms with Gasteiger partial charge in [0, 0.05) is 32.8 Å². The summed E-state index contributed by atoms with van der Waals surface area (Å²) in [5, 5.41) is 1.92. The summed E-state index contributed by atoms with van der Waals surface area (Å²) in [5.74, 6) is -0.252. The Morgan fingerprint density at radius 1 is 0.885 bits per heavy atom. The van der Waals surface area contributed by atoms with E-state index in [-0.39, 0.29) is 35.7 Å². The molecule has 134 valence electrons. The molecule has 4 rings (SSSR count). The molecular formula is C21H17Cl3O2. The Kier molecular flexibility index (Phi) is 4.77. The second-order valence-corrected chi connectivity index (χ2v) is 8.18. The molecule has 0 radical (unpaired) electrons. The number of carbonyl (C=O) groups is 1. The quantitative estimate of drug-likeness (QED) is 0.434. The Balaban J connectivity index is 1.85. The molecule has 2 aliphatic rings. The minimum atomic E-state index is -0.229. The maximum atomic E-state index is 12.3. The number of rotatable bonds is 2. The molecule has 5 heteroatoms. The molecule has 0 spiro atoms. The predicted octanol–water partition coefficient (Wildman–Crippen LogP) is 6.26. The van der Waals surface area contributed by atoms with Crippen LogP contribution in [-0.2, 0) is 9.53 Å². The van der Waals surface area contributed by atoms with Crippen LogP contribution in [0.15, 0.2) is 54.6 Å². The molecule has 26 heavy (non-hydrogen) atoms. The van der Waals surface area contributed by atoms with Crippen molar-refractivity contribution in [3.8, 4) is 0 Å². The number of benzene rings is 2. The van der Waals surface area contributed by atoms with Crippen LogP contribution < -0.4 is 0 Å². The van der Waals surface area contributed by atoms with E-state index >= 15 is 0 Å². The summed E-state index contributed by atoms with van der Waals surface area (Å²) in [7, 11) is 0. The zero-order valence-corrected chi connectivity index (χ0v) is 16.3. The summed E-state index contributed by atoms with van der Waals surface area (Å²) in [5.41, 5.74) is 2.12. The maximum absolute atomic E-state index is 12.3. The molecule has 1 aliphatic carbocycles. The van der Waals surface area contributed by atoms with Crippen molar-refractivity contribution in [2.24, 2.45) is 11.8 Å². The van der Waals surface area contributed by atoms with E-state index < -0.39 is 0 Å². The largest absolute Gasteiger partial charge is 0.462 e. The number of cyclic esters (lactones) is 1. The second kappa shape index (κ2) is 6.92. The minimum absolute atomic E-state index is 0.0270. The summed E-state index contributed by atoms with van der Waals surface area (Å²) in [4.78, 5) is 12.3. The molecule has 1 saturated heterocycles. The van der Waals surface area contributed by atoms with Crippen LogP contribution in [0.4, 0.5) is 0 Å². The van der Waals surface area contributed by atoms with E-state index in [1.165, 1.54) is 0 Å². The predicted molar refractivity (Wildman–Crippen MR) is 105 cm³/mol. The number of ether oxygens (including phenoxy) is 1. The van der Waals surface area contributed by atoms with E-state index in [4.69, 9.17) is 39.5 Å². The molecule has 2 aromatic rings. The first kappa shape index (κ1) is 17.9. The average Bonchev–Trinajstić information content (AvgIpc) is 2.90. The molecule has 2 nitrogen and oxygen atoms in total. The smallest absolute Gasteiger partial charge is 0.313 e. The van der Waals surface area contributed by atoms with E-state index in [1.807, 2.05) is 49.4 Å². The average molecular weight is 408 g/mol. The molecule has 0 aromatic heterocycles. The lowest BCUT2D eigenvalue weighted by Gasteiger charge is -2.37. The summed E-state index contributed by atoms with van der Waals surface area (Å²) >= 11 is 18.7. The van der Waals surface area contributed by atoms with E-state index in [2.05, 4.69) is 6.08 Å². The SMILES string of the molecule is C[C@H]1OC(=O)[C@@H]2C=C[C@H](c3ccc(Cl)cc3Cl)[C@H](c3ccc(Cl)cc3)[C@H]12. The van der Waals surface area contributed by atoms with Gasteiger partial charge in [0.1, 0.15) is 6.10 Å². The first-order valence-electron chi connectivity index (χ1n) is 8.55. The Labute approximate surface area is 167 Å². The van der Waals surface area contributed by atoms with Crippen LogP contribution >= 0.6 is 34.8 Å². The van der Waals surface area contributed by atoms with Gasteiger partial charge < -0.3 is 4.74 Å². The van der Waals surface area contributed by atoms with Gasteiger partial charge in [-0.1, -0.05) is 65.2 Å². The van der Waals surface area contributed by atoms with Gasteiger partial charge >= 0.3 is 5.97 Å². The van der Waals surface area contributed by atoms with Crippen molar-refractivity contribution in [3.63, 3.8) is 0 Å². The molecule has 0 unspecified atom stereocenters. The molecule has 5 atom stereocenters. The minimum Gasteiger partial charge on any atom is -0.462 e. The lowest BCUT2D eigenvalue weighted by atomic mass is 9.65. The van der Waals surface area contributed by atoms with Gasteiger partial charge in [-0.15, -0.1) is 0 Å². The van der Waals surface area contributed by atoms with Gasteiger partial charge in [0.15, 0.2) is 0 Å². The van der Waals surface area contributed by atoms with Crippen molar-refractivity contribution in [3.05, 3.63) is 80.8 Å². The third kappa shape index (κ3) is 3.05. The van der Waals surface area contributed by atoms with Gasteiger partial charge in [0.05, 0.1) is 5.92 Å². The van der Waals surface area contributed by atoms with Crippen LogP contribution in [0.2, 0.25) is 15.1 Å². The summed E-state index contributed by atoms with van der Waals surface area (Å²) in [6.07, 6.45) is 3.89. The Morgan fingerprint density at radius 3 is 2.23 bits per heavy atom.